The maximum absolute atomic E-state index is 4.45. The summed E-state index contributed by atoms with van der Waals surface area (Å²) in [4.78, 5) is 8.80. The molecule has 1 rings (SSSR count). The molecule has 1 heterocycles. The molecule has 19 heavy (non-hydrogen) atoms. The molecule has 0 aliphatic carbocycles. The van der Waals surface area contributed by atoms with Crippen LogP contribution in [0.1, 0.15) is 45.4 Å². The van der Waals surface area contributed by atoms with Crippen molar-refractivity contribution in [3.63, 3.8) is 0 Å². The molecule has 5 heteroatoms. The van der Waals surface area contributed by atoms with Gasteiger partial charge in [0.2, 0.25) is 0 Å². The highest BCUT2D eigenvalue weighted by Gasteiger charge is 2.02. The Kier molecular flexibility index (Phi) is 8.38. The minimum atomic E-state index is 0.803. The van der Waals surface area contributed by atoms with Gasteiger partial charge in [-0.3, -0.25) is 0 Å². The minimum absolute atomic E-state index is 0.803. The van der Waals surface area contributed by atoms with Crippen molar-refractivity contribution in [3.8, 4) is 0 Å². The topological polar surface area (TPSA) is 49.8 Å². The summed E-state index contributed by atoms with van der Waals surface area (Å²) in [5, 5.41) is 7.25. The lowest BCUT2D eigenvalue weighted by atomic mass is 10.1. The lowest BCUT2D eigenvalue weighted by molar-refractivity contribution is 0.616. The molecule has 0 aliphatic rings. The number of hydrogen-bond donors (Lipinski definition) is 2. The number of hydrogen-bond acceptors (Lipinski definition) is 5. The summed E-state index contributed by atoms with van der Waals surface area (Å²) in [6.07, 6.45) is 9.88. The number of nitrogens with zero attached hydrogens (tertiary/aromatic N) is 2. The zero-order valence-electron chi connectivity index (χ0n) is 12.3. The number of nitrogens with one attached hydrogen (secondary N) is 2. The second-order valence-corrected chi connectivity index (χ2v) is 5.34. The molecule has 4 nitrogen and oxygen atoms in total. The number of aromatic nitrogens is 2. The molecule has 0 spiro atoms. The fraction of sp³-hybridized carbons (Fsp3) is 0.714. The third-order valence-corrected chi connectivity index (χ3v) is 3.53. The normalized spacial score (nSPS) is 10.5. The Hall–Kier alpha value is -0.970. The second-order valence-electron chi connectivity index (χ2n) is 4.57. The van der Waals surface area contributed by atoms with Gasteiger partial charge in [-0.2, -0.15) is 0 Å². The van der Waals surface area contributed by atoms with Crippen LogP contribution in [0.25, 0.3) is 0 Å². The zero-order valence-corrected chi connectivity index (χ0v) is 13.1. The van der Waals surface area contributed by atoms with Gasteiger partial charge in [-0.15, -0.1) is 0 Å². The smallest absolute Gasteiger partial charge is 0.191 e. The summed E-state index contributed by atoms with van der Waals surface area (Å²) in [5.41, 5.74) is 0. The molecule has 1 aromatic rings. The first-order chi connectivity index (χ1) is 9.30. The van der Waals surface area contributed by atoms with Crippen LogP contribution in [0.2, 0.25) is 0 Å². The van der Waals surface area contributed by atoms with Crippen LogP contribution in [-0.4, -0.2) is 29.8 Å². The van der Waals surface area contributed by atoms with Crippen LogP contribution in [0.15, 0.2) is 11.2 Å². The van der Waals surface area contributed by atoms with Crippen molar-refractivity contribution in [2.45, 2.75) is 50.6 Å². The van der Waals surface area contributed by atoms with Gasteiger partial charge >= 0.3 is 0 Å². The zero-order chi connectivity index (χ0) is 13.9. The van der Waals surface area contributed by atoms with Gasteiger partial charge in [0, 0.05) is 19.7 Å². The first-order valence-electron chi connectivity index (χ1n) is 7.14. The van der Waals surface area contributed by atoms with Crippen molar-refractivity contribution in [3.05, 3.63) is 6.07 Å². The van der Waals surface area contributed by atoms with Gasteiger partial charge in [-0.05, 0) is 12.7 Å². The van der Waals surface area contributed by atoms with Crippen molar-refractivity contribution in [1.82, 2.24) is 9.97 Å². The Balaban J connectivity index is 2.28. The maximum atomic E-state index is 4.45. The van der Waals surface area contributed by atoms with Crippen LogP contribution < -0.4 is 10.6 Å². The summed E-state index contributed by atoms with van der Waals surface area (Å²) >= 11 is 1.56. The summed E-state index contributed by atoms with van der Waals surface area (Å²) in [6, 6.07) is 1.96. The highest BCUT2D eigenvalue weighted by atomic mass is 32.2. The van der Waals surface area contributed by atoms with Crippen molar-refractivity contribution in [2.24, 2.45) is 0 Å². The fourth-order valence-electron chi connectivity index (χ4n) is 1.86. The van der Waals surface area contributed by atoms with Gasteiger partial charge < -0.3 is 10.6 Å². The summed E-state index contributed by atoms with van der Waals surface area (Å²) in [5.74, 6) is 1.78. The van der Waals surface area contributed by atoms with E-state index in [0.717, 1.165) is 23.3 Å². The standard InChI is InChI=1S/C14H26N4S/c1-4-5-6-7-8-9-10-16-13-11-12(15-2)17-14(18-13)19-3/h11H,4-10H2,1-3H3,(H2,15,16,17,18). The molecular formula is C14H26N4S. The molecule has 0 saturated heterocycles. The first kappa shape index (κ1) is 16.1. The SMILES string of the molecule is CCCCCCCCNc1cc(NC)nc(SC)n1. The number of thioether (sulfide) groups is 1. The van der Waals surface area contributed by atoms with Gasteiger partial charge in [-0.25, -0.2) is 9.97 Å². The van der Waals surface area contributed by atoms with Crippen LogP contribution in [0.3, 0.4) is 0 Å². The third-order valence-electron chi connectivity index (χ3n) is 2.98. The highest BCUT2D eigenvalue weighted by molar-refractivity contribution is 7.98. The Labute approximate surface area is 121 Å². The molecule has 0 aromatic carbocycles. The lowest BCUT2D eigenvalue weighted by Crippen LogP contribution is -2.06. The van der Waals surface area contributed by atoms with Crippen molar-refractivity contribution >= 4 is 23.4 Å². The monoisotopic (exact) mass is 282 g/mol. The summed E-state index contributed by atoms with van der Waals surface area (Å²) < 4.78 is 0. The van der Waals surface area contributed by atoms with E-state index in [1.54, 1.807) is 11.8 Å². The summed E-state index contributed by atoms with van der Waals surface area (Å²) in [7, 11) is 1.88. The Morgan fingerprint density at radius 1 is 1.05 bits per heavy atom. The van der Waals surface area contributed by atoms with E-state index < -0.39 is 0 Å². The molecule has 0 aliphatic heterocycles. The van der Waals surface area contributed by atoms with Gasteiger partial charge in [0.15, 0.2) is 5.16 Å². The average molecular weight is 282 g/mol. The Morgan fingerprint density at radius 2 is 1.74 bits per heavy atom. The molecule has 0 amide bonds. The summed E-state index contributed by atoms with van der Waals surface area (Å²) in [6.45, 7) is 3.24. The van der Waals surface area contributed by atoms with Crippen LogP contribution in [0, 0.1) is 0 Å². The highest BCUT2D eigenvalue weighted by Crippen LogP contribution is 2.17. The van der Waals surface area contributed by atoms with E-state index in [2.05, 4.69) is 27.5 Å². The fourth-order valence-corrected chi connectivity index (χ4v) is 2.24. The van der Waals surface area contributed by atoms with Gasteiger partial charge in [0.05, 0.1) is 0 Å². The predicted octanol–water partition coefficient (Wildman–Crippen LogP) is 4.01. The van der Waals surface area contributed by atoms with Crippen molar-refractivity contribution in [1.29, 1.82) is 0 Å². The van der Waals surface area contributed by atoms with Crippen LogP contribution in [-0.2, 0) is 0 Å². The average Bonchev–Trinajstić information content (AvgIpc) is 2.45. The molecule has 0 atom stereocenters. The molecule has 0 bridgehead atoms. The number of rotatable bonds is 10. The molecule has 108 valence electrons. The van der Waals surface area contributed by atoms with Gasteiger partial charge in [0.1, 0.15) is 11.6 Å². The predicted molar refractivity (Wildman–Crippen MR) is 85.2 cm³/mol. The molecule has 0 fully saturated rings. The van der Waals surface area contributed by atoms with Crippen molar-refractivity contribution in [2.75, 3.05) is 30.5 Å². The Bertz CT molecular complexity index is 335. The van der Waals surface area contributed by atoms with Gasteiger partial charge in [-0.1, -0.05) is 50.8 Å². The third kappa shape index (κ3) is 6.66. The van der Waals surface area contributed by atoms with E-state index in [0.29, 0.717) is 0 Å². The molecule has 0 unspecified atom stereocenters. The van der Waals surface area contributed by atoms with E-state index in [4.69, 9.17) is 0 Å². The molecule has 2 N–H and O–H groups in total. The van der Waals surface area contributed by atoms with Crippen molar-refractivity contribution < 1.29 is 0 Å². The maximum Gasteiger partial charge on any atom is 0.191 e. The van der Waals surface area contributed by atoms with Crippen LogP contribution in [0.5, 0.6) is 0 Å². The van der Waals surface area contributed by atoms with Gasteiger partial charge in [0.25, 0.3) is 0 Å². The van der Waals surface area contributed by atoms with E-state index in [9.17, 15) is 0 Å². The minimum Gasteiger partial charge on any atom is -0.373 e. The Morgan fingerprint density at radius 3 is 2.42 bits per heavy atom. The van der Waals surface area contributed by atoms with Crippen LogP contribution in [0.4, 0.5) is 11.6 Å². The number of unbranched alkanes of at least 4 members (excludes halogenated alkanes) is 5. The second kappa shape index (κ2) is 9.89. The molecular weight excluding hydrogens is 256 g/mol. The van der Waals surface area contributed by atoms with E-state index in [1.807, 2.05) is 19.4 Å². The van der Waals surface area contributed by atoms with E-state index in [1.165, 1.54) is 38.5 Å². The quantitative estimate of drug-likeness (QED) is 0.386. The largest absolute Gasteiger partial charge is 0.373 e. The first-order valence-corrected chi connectivity index (χ1v) is 8.37. The number of anilines is 2. The molecule has 1 aromatic heterocycles. The molecule has 0 saturated carbocycles. The molecule has 0 radical (unpaired) electrons. The van der Waals surface area contributed by atoms with E-state index in [-0.39, 0.29) is 0 Å². The van der Waals surface area contributed by atoms with Crippen LogP contribution >= 0.6 is 11.8 Å². The van der Waals surface area contributed by atoms with E-state index >= 15 is 0 Å². The lowest BCUT2D eigenvalue weighted by Gasteiger charge is -2.08.